The van der Waals surface area contributed by atoms with Gasteiger partial charge in [0.2, 0.25) is 23.6 Å². The minimum atomic E-state index is -1.24. The van der Waals surface area contributed by atoms with Gasteiger partial charge in [-0.1, -0.05) is 74.5 Å². The molecule has 1 heterocycles. The van der Waals surface area contributed by atoms with Crippen LogP contribution >= 0.6 is 0 Å². The third kappa shape index (κ3) is 12.2. The number of nitrogens with two attached hydrogens (primary N) is 1. The highest BCUT2D eigenvalue weighted by Crippen LogP contribution is 2.21. The fraction of sp³-hybridized carbons (Fsp3) is 0.500. The zero-order valence-electron chi connectivity index (χ0n) is 29.3. The van der Waals surface area contributed by atoms with Crippen LogP contribution in [0.15, 0.2) is 60.7 Å². The van der Waals surface area contributed by atoms with Gasteiger partial charge in [0, 0.05) is 25.9 Å². The number of amides is 5. The average molecular weight is 695 g/mol. The predicted molar refractivity (Wildman–Crippen MR) is 186 cm³/mol. The molecule has 0 bridgehead atoms. The number of ether oxygens (including phenoxy) is 1. The van der Waals surface area contributed by atoms with E-state index in [0.29, 0.717) is 12.8 Å². The number of hydrogen-bond donors (Lipinski definition) is 6. The Morgan fingerprint density at radius 3 is 1.94 bits per heavy atom. The highest BCUT2D eigenvalue weighted by molar-refractivity contribution is 5.96. The fourth-order valence-corrected chi connectivity index (χ4v) is 5.50. The topological polar surface area (TPSA) is 209 Å². The van der Waals surface area contributed by atoms with Crippen LogP contribution in [0.5, 0.6) is 0 Å². The van der Waals surface area contributed by atoms with Crippen LogP contribution in [0.4, 0.5) is 4.79 Å². The minimum Gasteiger partial charge on any atom is -0.480 e. The van der Waals surface area contributed by atoms with E-state index in [2.05, 4.69) is 21.3 Å². The molecule has 5 amide bonds. The first-order chi connectivity index (χ1) is 23.6. The Hall–Kier alpha value is -4.98. The maximum Gasteiger partial charge on any atom is 0.407 e. The zero-order chi connectivity index (χ0) is 37.0. The summed E-state index contributed by atoms with van der Waals surface area (Å²) in [6.45, 7) is 8.60. The van der Waals surface area contributed by atoms with Crippen molar-refractivity contribution in [2.24, 2.45) is 11.7 Å². The van der Waals surface area contributed by atoms with Crippen molar-refractivity contribution in [3.8, 4) is 0 Å². The molecule has 2 aromatic carbocycles. The van der Waals surface area contributed by atoms with E-state index in [1.807, 2.05) is 6.07 Å². The number of nitrogens with zero attached hydrogens (tertiary/aromatic N) is 1. The number of carboxylic acids is 1. The molecule has 1 aliphatic heterocycles. The van der Waals surface area contributed by atoms with Crippen molar-refractivity contribution in [2.75, 3.05) is 13.1 Å². The maximum absolute atomic E-state index is 13.8. The van der Waals surface area contributed by atoms with E-state index in [1.165, 1.54) is 4.90 Å². The highest BCUT2D eigenvalue weighted by Gasteiger charge is 2.40. The van der Waals surface area contributed by atoms with Crippen LogP contribution in [0.1, 0.15) is 58.6 Å². The SMILES string of the molecule is CC(C)[C@H](NC(=O)[C@@H](N)CNC(=O)OC(C)(C)C)C(=O)N1CCC[C@H]1C(=O)N[C@@H](Cc1ccccc1)C(=O)N[C@@H](Cc1ccccc1)C(=O)O. The molecule has 0 unspecified atom stereocenters. The van der Waals surface area contributed by atoms with Crippen LogP contribution < -0.4 is 27.0 Å². The zero-order valence-corrected chi connectivity index (χ0v) is 29.3. The van der Waals surface area contributed by atoms with Gasteiger partial charge in [0.15, 0.2) is 0 Å². The normalized spacial score (nSPS) is 16.8. The second kappa shape index (κ2) is 18.1. The number of aliphatic carboxylic acids is 1. The quantitative estimate of drug-likeness (QED) is 0.159. The molecule has 14 nitrogen and oxygen atoms in total. The summed E-state index contributed by atoms with van der Waals surface area (Å²) in [5, 5.41) is 20.4. The molecule has 0 aliphatic carbocycles. The number of nitrogens with one attached hydrogen (secondary N) is 4. The molecule has 5 atom stereocenters. The Labute approximate surface area is 292 Å². The fourth-order valence-electron chi connectivity index (χ4n) is 5.50. The molecule has 50 heavy (non-hydrogen) atoms. The molecular formula is C36H50N6O8. The maximum atomic E-state index is 13.8. The van der Waals surface area contributed by atoms with Gasteiger partial charge < -0.3 is 41.7 Å². The van der Waals surface area contributed by atoms with Crippen LogP contribution in [0.3, 0.4) is 0 Å². The van der Waals surface area contributed by atoms with Crippen molar-refractivity contribution in [1.29, 1.82) is 0 Å². The van der Waals surface area contributed by atoms with Gasteiger partial charge in [-0.05, 0) is 50.7 Å². The van der Waals surface area contributed by atoms with Crippen molar-refractivity contribution < 1.29 is 38.6 Å². The van der Waals surface area contributed by atoms with Crippen LogP contribution in [-0.4, -0.2) is 94.6 Å². The van der Waals surface area contributed by atoms with E-state index in [9.17, 15) is 33.9 Å². The Bertz CT molecular complexity index is 1480. The lowest BCUT2D eigenvalue weighted by Crippen LogP contribution is -2.60. The summed E-state index contributed by atoms with van der Waals surface area (Å²) >= 11 is 0. The molecule has 0 aromatic heterocycles. The van der Waals surface area contributed by atoms with Crippen molar-refractivity contribution in [3.63, 3.8) is 0 Å². The number of carbonyl (C=O) groups is 6. The van der Waals surface area contributed by atoms with Gasteiger partial charge in [-0.25, -0.2) is 9.59 Å². The van der Waals surface area contributed by atoms with Crippen molar-refractivity contribution in [3.05, 3.63) is 71.8 Å². The smallest absolute Gasteiger partial charge is 0.407 e. The molecule has 1 saturated heterocycles. The van der Waals surface area contributed by atoms with Gasteiger partial charge >= 0.3 is 12.1 Å². The molecule has 7 N–H and O–H groups in total. The highest BCUT2D eigenvalue weighted by atomic mass is 16.6. The number of likely N-dealkylation sites (tertiary alicyclic amines) is 1. The van der Waals surface area contributed by atoms with Gasteiger partial charge in [0.1, 0.15) is 35.8 Å². The number of benzene rings is 2. The molecule has 272 valence electrons. The van der Waals surface area contributed by atoms with Crippen LogP contribution in [0.25, 0.3) is 0 Å². The standard InChI is InChI=1S/C36H50N6O8/c1-22(2)29(41-30(43)25(37)21-38-35(49)50-36(3,4)5)33(46)42-18-12-17-28(42)32(45)39-26(19-23-13-8-6-9-14-23)31(44)40-27(34(47)48)20-24-15-10-7-11-16-24/h6-11,13-16,22,25-29H,12,17-21,37H2,1-5H3,(H,38,49)(H,39,45)(H,40,44)(H,41,43)(H,47,48)/t25-,26-,27-,28-,29-/m0/s1. The van der Waals surface area contributed by atoms with Crippen LogP contribution in [0.2, 0.25) is 0 Å². The van der Waals surface area contributed by atoms with E-state index < -0.39 is 71.5 Å². The molecule has 0 radical (unpaired) electrons. The van der Waals surface area contributed by atoms with Crippen molar-refractivity contribution >= 4 is 35.7 Å². The van der Waals surface area contributed by atoms with E-state index in [4.69, 9.17) is 10.5 Å². The van der Waals surface area contributed by atoms with Gasteiger partial charge in [-0.15, -0.1) is 0 Å². The lowest BCUT2D eigenvalue weighted by atomic mass is 10.0. The van der Waals surface area contributed by atoms with E-state index in [1.54, 1.807) is 89.2 Å². The summed E-state index contributed by atoms with van der Waals surface area (Å²) in [5.41, 5.74) is 6.72. The number of carboxylic acid groups (broad SMARTS) is 1. The summed E-state index contributed by atoms with van der Waals surface area (Å²) in [6, 6.07) is 12.3. The first kappa shape index (κ1) is 39.5. The van der Waals surface area contributed by atoms with Gasteiger partial charge in [0.25, 0.3) is 0 Å². The summed E-state index contributed by atoms with van der Waals surface area (Å²) in [5.74, 6) is -4.01. The van der Waals surface area contributed by atoms with E-state index in [0.717, 1.165) is 11.1 Å². The second-order valence-electron chi connectivity index (χ2n) is 13.7. The molecular weight excluding hydrogens is 644 g/mol. The average Bonchev–Trinajstić information content (AvgIpc) is 3.55. The lowest BCUT2D eigenvalue weighted by Gasteiger charge is -2.32. The van der Waals surface area contributed by atoms with Crippen LogP contribution in [-0.2, 0) is 41.6 Å². The van der Waals surface area contributed by atoms with Crippen molar-refractivity contribution in [2.45, 2.75) is 96.1 Å². The molecule has 1 fully saturated rings. The van der Waals surface area contributed by atoms with Gasteiger partial charge in [-0.3, -0.25) is 19.2 Å². The predicted octanol–water partition coefficient (Wildman–Crippen LogP) is 1.51. The van der Waals surface area contributed by atoms with Gasteiger partial charge in [-0.2, -0.15) is 0 Å². The van der Waals surface area contributed by atoms with E-state index >= 15 is 0 Å². The number of alkyl carbamates (subject to hydrolysis) is 1. The molecule has 2 aromatic rings. The minimum absolute atomic E-state index is 0.0435. The summed E-state index contributed by atoms with van der Waals surface area (Å²) in [7, 11) is 0. The largest absolute Gasteiger partial charge is 0.480 e. The Morgan fingerprint density at radius 2 is 1.42 bits per heavy atom. The van der Waals surface area contributed by atoms with E-state index in [-0.39, 0.29) is 31.8 Å². The molecule has 3 rings (SSSR count). The Kier molecular flexibility index (Phi) is 14.3. The Morgan fingerprint density at radius 1 is 0.860 bits per heavy atom. The third-order valence-electron chi connectivity index (χ3n) is 8.08. The molecule has 0 spiro atoms. The number of hydrogen-bond acceptors (Lipinski definition) is 8. The summed E-state index contributed by atoms with van der Waals surface area (Å²) in [4.78, 5) is 79.7. The Balaban J connectivity index is 1.72. The first-order valence-corrected chi connectivity index (χ1v) is 16.8. The molecule has 0 saturated carbocycles. The van der Waals surface area contributed by atoms with Gasteiger partial charge in [0.05, 0.1) is 0 Å². The molecule has 1 aliphatic rings. The lowest BCUT2D eigenvalue weighted by molar-refractivity contribution is -0.144. The third-order valence-corrected chi connectivity index (χ3v) is 8.08. The number of carbonyl (C=O) groups excluding carboxylic acids is 5. The summed E-state index contributed by atoms with van der Waals surface area (Å²) in [6.07, 6.45) is 0.215. The monoisotopic (exact) mass is 694 g/mol. The van der Waals surface area contributed by atoms with Crippen LogP contribution in [0, 0.1) is 5.92 Å². The first-order valence-electron chi connectivity index (χ1n) is 16.8. The molecule has 14 heteroatoms. The summed E-state index contributed by atoms with van der Waals surface area (Å²) < 4.78 is 5.17. The number of rotatable bonds is 15. The second-order valence-corrected chi connectivity index (χ2v) is 13.7. The van der Waals surface area contributed by atoms with Crippen molar-refractivity contribution in [1.82, 2.24) is 26.2 Å².